The SMILES string of the molecule is Cn1cncc1-c1cncc(C(=O)Nc2ccc(C(F)(F)F)nc2)n1. The van der Waals surface area contributed by atoms with Crippen LogP contribution < -0.4 is 5.32 Å². The zero-order valence-electron chi connectivity index (χ0n) is 12.8. The molecule has 0 radical (unpaired) electrons. The van der Waals surface area contributed by atoms with Gasteiger partial charge in [0.25, 0.3) is 5.91 Å². The quantitative estimate of drug-likeness (QED) is 0.786. The topological polar surface area (TPSA) is 85.6 Å². The van der Waals surface area contributed by atoms with E-state index in [9.17, 15) is 18.0 Å². The summed E-state index contributed by atoms with van der Waals surface area (Å²) in [6.45, 7) is 0. The number of halogens is 3. The number of hydrogen-bond donors (Lipinski definition) is 1. The molecule has 0 bridgehead atoms. The number of pyridine rings is 1. The van der Waals surface area contributed by atoms with Gasteiger partial charge >= 0.3 is 6.18 Å². The molecular weight excluding hydrogens is 337 g/mol. The Labute approximate surface area is 139 Å². The maximum absolute atomic E-state index is 12.5. The first-order valence-electron chi connectivity index (χ1n) is 6.98. The zero-order chi connectivity index (χ0) is 18.0. The van der Waals surface area contributed by atoms with Crippen molar-refractivity contribution in [2.24, 2.45) is 7.05 Å². The van der Waals surface area contributed by atoms with Crippen molar-refractivity contribution in [1.29, 1.82) is 0 Å². The largest absolute Gasteiger partial charge is 0.433 e. The van der Waals surface area contributed by atoms with Gasteiger partial charge in [0.1, 0.15) is 17.1 Å². The number of anilines is 1. The number of imidazole rings is 1. The summed E-state index contributed by atoms with van der Waals surface area (Å²) < 4.78 is 39.2. The van der Waals surface area contributed by atoms with E-state index in [1.165, 1.54) is 12.4 Å². The van der Waals surface area contributed by atoms with Crippen LogP contribution in [0.1, 0.15) is 16.2 Å². The molecule has 3 aromatic heterocycles. The van der Waals surface area contributed by atoms with E-state index in [0.29, 0.717) is 11.4 Å². The first kappa shape index (κ1) is 16.6. The van der Waals surface area contributed by atoms with Crippen molar-refractivity contribution in [3.63, 3.8) is 0 Å². The molecule has 0 aromatic carbocycles. The smallest absolute Gasteiger partial charge is 0.332 e. The highest BCUT2D eigenvalue weighted by atomic mass is 19.4. The maximum Gasteiger partial charge on any atom is 0.433 e. The third kappa shape index (κ3) is 3.62. The summed E-state index contributed by atoms with van der Waals surface area (Å²) in [7, 11) is 1.77. The summed E-state index contributed by atoms with van der Waals surface area (Å²) in [5, 5.41) is 2.43. The fourth-order valence-electron chi connectivity index (χ4n) is 2.03. The van der Waals surface area contributed by atoms with E-state index in [1.54, 1.807) is 24.1 Å². The van der Waals surface area contributed by atoms with Gasteiger partial charge in [-0.2, -0.15) is 13.2 Å². The fourth-order valence-corrected chi connectivity index (χ4v) is 2.03. The molecule has 128 valence electrons. The average Bonchev–Trinajstić information content (AvgIpc) is 3.01. The maximum atomic E-state index is 12.5. The Bertz CT molecular complexity index is 904. The first-order valence-corrected chi connectivity index (χ1v) is 6.98. The number of rotatable bonds is 3. The monoisotopic (exact) mass is 348 g/mol. The summed E-state index contributed by atoms with van der Waals surface area (Å²) in [4.78, 5) is 27.6. The Hall–Kier alpha value is -3.30. The van der Waals surface area contributed by atoms with Crippen molar-refractivity contribution in [3.8, 4) is 11.4 Å². The Morgan fingerprint density at radius 2 is 1.92 bits per heavy atom. The van der Waals surface area contributed by atoms with Crippen molar-refractivity contribution < 1.29 is 18.0 Å². The second-order valence-corrected chi connectivity index (χ2v) is 5.06. The van der Waals surface area contributed by atoms with Crippen LogP contribution in [0.25, 0.3) is 11.4 Å². The second kappa shape index (κ2) is 6.30. The molecule has 3 aromatic rings. The number of carbonyl (C=O) groups excluding carboxylic acids is 1. The lowest BCUT2D eigenvalue weighted by molar-refractivity contribution is -0.141. The molecule has 7 nitrogen and oxygen atoms in total. The molecule has 0 aliphatic carbocycles. The number of carbonyl (C=O) groups is 1. The number of aryl methyl sites for hydroxylation is 1. The van der Waals surface area contributed by atoms with Crippen molar-refractivity contribution in [2.75, 3.05) is 5.32 Å². The molecule has 3 rings (SSSR count). The molecule has 0 atom stereocenters. The lowest BCUT2D eigenvalue weighted by Crippen LogP contribution is -2.15. The van der Waals surface area contributed by atoms with Gasteiger partial charge in [0, 0.05) is 7.05 Å². The lowest BCUT2D eigenvalue weighted by Gasteiger charge is -2.08. The molecule has 25 heavy (non-hydrogen) atoms. The van der Waals surface area contributed by atoms with Gasteiger partial charge in [-0.05, 0) is 12.1 Å². The minimum absolute atomic E-state index is 0.0126. The van der Waals surface area contributed by atoms with Crippen LogP contribution in [0, 0.1) is 0 Å². The van der Waals surface area contributed by atoms with E-state index >= 15 is 0 Å². The van der Waals surface area contributed by atoms with Gasteiger partial charge in [-0.25, -0.2) is 15.0 Å². The number of alkyl halides is 3. The van der Waals surface area contributed by atoms with Crippen molar-refractivity contribution in [1.82, 2.24) is 24.5 Å². The number of nitrogens with one attached hydrogen (secondary N) is 1. The Morgan fingerprint density at radius 1 is 1.12 bits per heavy atom. The van der Waals surface area contributed by atoms with Gasteiger partial charge in [-0.1, -0.05) is 0 Å². The number of amides is 1. The molecule has 10 heteroatoms. The number of nitrogens with zero attached hydrogens (tertiary/aromatic N) is 5. The summed E-state index contributed by atoms with van der Waals surface area (Å²) >= 11 is 0. The molecule has 0 unspecified atom stereocenters. The predicted molar refractivity (Wildman–Crippen MR) is 81.4 cm³/mol. The van der Waals surface area contributed by atoms with E-state index in [2.05, 4.69) is 25.3 Å². The molecule has 0 spiro atoms. The highest BCUT2D eigenvalue weighted by molar-refractivity contribution is 6.02. The molecule has 0 saturated carbocycles. The third-order valence-corrected chi connectivity index (χ3v) is 3.26. The molecule has 0 saturated heterocycles. The van der Waals surface area contributed by atoms with Gasteiger partial charge < -0.3 is 9.88 Å². The Kier molecular flexibility index (Phi) is 4.17. The van der Waals surface area contributed by atoms with Crippen LogP contribution in [0.4, 0.5) is 18.9 Å². The molecule has 1 N–H and O–H groups in total. The first-order chi connectivity index (χ1) is 11.8. The number of aromatic nitrogens is 5. The summed E-state index contributed by atoms with van der Waals surface area (Å²) in [6.07, 6.45) is 2.29. The third-order valence-electron chi connectivity index (χ3n) is 3.26. The van der Waals surface area contributed by atoms with Crippen molar-refractivity contribution in [3.05, 3.63) is 54.6 Å². The predicted octanol–water partition coefficient (Wildman–Crippen LogP) is 2.54. The van der Waals surface area contributed by atoms with Crippen LogP contribution in [-0.4, -0.2) is 30.4 Å². The van der Waals surface area contributed by atoms with Gasteiger partial charge in [-0.15, -0.1) is 0 Å². The fraction of sp³-hybridized carbons (Fsp3) is 0.133. The highest BCUT2D eigenvalue weighted by Gasteiger charge is 2.32. The normalized spacial score (nSPS) is 11.4. The van der Waals surface area contributed by atoms with Gasteiger partial charge in [0.05, 0.1) is 42.5 Å². The van der Waals surface area contributed by atoms with Crippen molar-refractivity contribution in [2.45, 2.75) is 6.18 Å². The molecular formula is C15H11F3N6O. The molecule has 0 aliphatic heterocycles. The molecule has 3 heterocycles. The molecule has 1 amide bonds. The van der Waals surface area contributed by atoms with E-state index in [1.807, 2.05) is 0 Å². The second-order valence-electron chi connectivity index (χ2n) is 5.06. The Balaban J connectivity index is 1.79. The van der Waals surface area contributed by atoms with Crippen LogP contribution >= 0.6 is 0 Å². The highest BCUT2D eigenvalue weighted by Crippen LogP contribution is 2.27. The van der Waals surface area contributed by atoms with Crippen LogP contribution in [0.3, 0.4) is 0 Å². The van der Waals surface area contributed by atoms with Crippen LogP contribution in [0.5, 0.6) is 0 Å². The standard InChI is InChI=1S/C15H11F3N6O/c1-24-8-20-7-12(24)10-5-19-6-11(23-10)14(25)22-9-2-3-13(21-4-9)15(16,17)18/h2-8H,1H3,(H,22,25). The average molecular weight is 348 g/mol. The summed E-state index contributed by atoms with van der Waals surface area (Å²) in [5.41, 5.74) is 0.198. The van der Waals surface area contributed by atoms with Gasteiger partial charge in [-0.3, -0.25) is 9.78 Å². The van der Waals surface area contributed by atoms with Crippen LogP contribution in [0.15, 0.2) is 43.2 Å². The minimum Gasteiger partial charge on any atom is -0.332 e. The van der Waals surface area contributed by atoms with E-state index < -0.39 is 17.8 Å². The lowest BCUT2D eigenvalue weighted by atomic mass is 10.3. The van der Waals surface area contributed by atoms with Gasteiger partial charge in [0.15, 0.2) is 0 Å². The summed E-state index contributed by atoms with van der Waals surface area (Å²) in [6, 6.07) is 1.90. The Morgan fingerprint density at radius 3 is 2.52 bits per heavy atom. The van der Waals surface area contributed by atoms with E-state index in [4.69, 9.17) is 0 Å². The van der Waals surface area contributed by atoms with E-state index in [0.717, 1.165) is 18.3 Å². The zero-order valence-corrected chi connectivity index (χ0v) is 12.8. The van der Waals surface area contributed by atoms with E-state index in [-0.39, 0.29) is 11.4 Å². The molecule has 0 aliphatic rings. The van der Waals surface area contributed by atoms with Gasteiger partial charge in [0.2, 0.25) is 0 Å². The molecule has 0 fully saturated rings. The number of hydrogen-bond acceptors (Lipinski definition) is 5. The van der Waals surface area contributed by atoms with Crippen molar-refractivity contribution >= 4 is 11.6 Å². The van der Waals surface area contributed by atoms with Crippen LogP contribution in [0.2, 0.25) is 0 Å². The minimum atomic E-state index is -4.54. The summed E-state index contributed by atoms with van der Waals surface area (Å²) in [5.74, 6) is -0.613. The van der Waals surface area contributed by atoms with Crippen LogP contribution in [-0.2, 0) is 13.2 Å².